The van der Waals surface area contributed by atoms with Gasteiger partial charge in [0.25, 0.3) is 5.91 Å². The number of nitrogens with zero attached hydrogens (tertiary/aromatic N) is 1. The van der Waals surface area contributed by atoms with Gasteiger partial charge in [0.1, 0.15) is 11.6 Å². The third-order valence-electron chi connectivity index (χ3n) is 2.84. The Morgan fingerprint density at radius 2 is 2.16 bits per heavy atom. The SMILES string of the molecule is CCNCc1cc(F)ccc1OCC(=O)N(C)CC. The van der Waals surface area contributed by atoms with E-state index in [-0.39, 0.29) is 18.3 Å². The fourth-order valence-corrected chi connectivity index (χ4v) is 1.51. The second-order valence-corrected chi connectivity index (χ2v) is 4.23. The normalized spacial score (nSPS) is 10.3. The van der Waals surface area contributed by atoms with Gasteiger partial charge in [-0.05, 0) is 31.7 Å². The van der Waals surface area contributed by atoms with Crippen molar-refractivity contribution in [2.45, 2.75) is 20.4 Å². The van der Waals surface area contributed by atoms with E-state index in [0.717, 1.165) is 6.54 Å². The second-order valence-electron chi connectivity index (χ2n) is 4.23. The average molecular weight is 268 g/mol. The van der Waals surface area contributed by atoms with Crippen molar-refractivity contribution in [2.75, 3.05) is 26.7 Å². The van der Waals surface area contributed by atoms with Crippen LogP contribution in [0.4, 0.5) is 4.39 Å². The van der Waals surface area contributed by atoms with E-state index in [0.29, 0.717) is 24.4 Å². The molecule has 1 amide bonds. The Kier molecular flexibility index (Phi) is 6.29. The first-order chi connectivity index (χ1) is 9.08. The molecule has 1 rings (SSSR count). The summed E-state index contributed by atoms with van der Waals surface area (Å²) < 4.78 is 18.7. The maximum atomic E-state index is 13.2. The summed E-state index contributed by atoms with van der Waals surface area (Å²) in [6, 6.07) is 4.31. The van der Waals surface area contributed by atoms with E-state index in [2.05, 4.69) is 5.32 Å². The van der Waals surface area contributed by atoms with Crippen molar-refractivity contribution in [1.82, 2.24) is 10.2 Å². The van der Waals surface area contributed by atoms with Crippen molar-refractivity contribution < 1.29 is 13.9 Å². The van der Waals surface area contributed by atoms with Gasteiger partial charge in [0.05, 0.1) is 0 Å². The minimum atomic E-state index is -0.308. The summed E-state index contributed by atoms with van der Waals surface area (Å²) in [5.74, 6) is 0.138. The molecule has 1 aromatic rings. The largest absolute Gasteiger partial charge is 0.483 e. The zero-order chi connectivity index (χ0) is 14.3. The van der Waals surface area contributed by atoms with Crippen molar-refractivity contribution in [3.05, 3.63) is 29.6 Å². The van der Waals surface area contributed by atoms with Crippen LogP contribution in [0.5, 0.6) is 5.75 Å². The fraction of sp³-hybridized carbons (Fsp3) is 0.500. The zero-order valence-electron chi connectivity index (χ0n) is 11.7. The summed E-state index contributed by atoms with van der Waals surface area (Å²) in [6.45, 7) is 5.77. The van der Waals surface area contributed by atoms with Gasteiger partial charge in [-0.2, -0.15) is 0 Å². The van der Waals surface area contributed by atoms with Crippen molar-refractivity contribution >= 4 is 5.91 Å². The standard InChI is InChI=1S/C14H21FN2O2/c1-4-16-9-11-8-12(15)6-7-13(11)19-10-14(18)17(3)5-2/h6-8,16H,4-5,9-10H2,1-3H3. The molecule has 0 spiro atoms. The molecule has 0 aliphatic rings. The van der Waals surface area contributed by atoms with E-state index in [1.165, 1.54) is 12.1 Å². The number of hydrogen-bond acceptors (Lipinski definition) is 3. The molecule has 1 aromatic carbocycles. The molecule has 0 saturated carbocycles. The molecule has 5 heteroatoms. The maximum Gasteiger partial charge on any atom is 0.260 e. The summed E-state index contributed by atoms with van der Waals surface area (Å²) in [7, 11) is 1.72. The molecule has 1 N–H and O–H groups in total. The minimum Gasteiger partial charge on any atom is -0.483 e. The smallest absolute Gasteiger partial charge is 0.260 e. The number of nitrogens with one attached hydrogen (secondary N) is 1. The number of carbonyl (C=O) groups is 1. The lowest BCUT2D eigenvalue weighted by Gasteiger charge is -2.16. The highest BCUT2D eigenvalue weighted by atomic mass is 19.1. The molecule has 0 heterocycles. The Bertz CT molecular complexity index is 424. The van der Waals surface area contributed by atoms with Gasteiger partial charge in [-0.25, -0.2) is 4.39 Å². The second kappa shape index (κ2) is 7.74. The number of amides is 1. The Morgan fingerprint density at radius 1 is 1.42 bits per heavy atom. The van der Waals surface area contributed by atoms with Gasteiger partial charge in [-0.15, -0.1) is 0 Å². The molecule has 0 aliphatic carbocycles. The van der Waals surface area contributed by atoms with Crippen molar-refractivity contribution in [1.29, 1.82) is 0 Å². The number of hydrogen-bond donors (Lipinski definition) is 1. The van der Waals surface area contributed by atoms with Crippen LogP contribution >= 0.6 is 0 Å². The number of benzene rings is 1. The van der Waals surface area contributed by atoms with Crippen LogP contribution in [0.2, 0.25) is 0 Å². The maximum absolute atomic E-state index is 13.2. The Morgan fingerprint density at radius 3 is 2.79 bits per heavy atom. The monoisotopic (exact) mass is 268 g/mol. The predicted octanol–water partition coefficient (Wildman–Crippen LogP) is 1.79. The molecule has 0 saturated heterocycles. The third kappa shape index (κ3) is 4.87. The molecular formula is C14H21FN2O2. The lowest BCUT2D eigenvalue weighted by Crippen LogP contribution is -2.31. The number of halogens is 1. The zero-order valence-corrected chi connectivity index (χ0v) is 11.7. The number of ether oxygens (including phenoxy) is 1. The van der Waals surface area contributed by atoms with Gasteiger partial charge < -0.3 is 15.0 Å². The highest BCUT2D eigenvalue weighted by Gasteiger charge is 2.10. The molecule has 0 atom stereocenters. The van der Waals surface area contributed by atoms with Gasteiger partial charge in [0.2, 0.25) is 0 Å². The van der Waals surface area contributed by atoms with Crippen LogP contribution in [0, 0.1) is 5.82 Å². The van der Waals surface area contributed by atoms with Crippen LogP contribution < -0.4 is 10.1 Å². The first-order valence-corrected chi connectivity index (χ1v) is 6.44. The summed E-state index contributed by atoms with van der Waals surface area (Å²) in [5.41, 5.74) is 0.716. The summed E-state index contributed by atoms with van der Waals surface area (Å²) in [4.78, 5) is 13.2. The van der Waals surface area contributed by atoms with Crippen LogP contribution in [-0.4, -0.2) is 37.6 Å². The van der Waals surface area contributed by atoms with E-state index in [9.17, 15) is 9.18 Å². The lowest BCUT2D eigenvalue weighted by molar-refractivity contribution is -0.131. The molecule has 0 fully saturated rings. The first-order valence-electron chi connectivity index (χ1n) is 6.44. The Labute approximate surface area is 113 Å². The molecular weight excluding hydrogens is 247 g/mol. The summed E-state index contributed by atoms with van der Waals surface area (Å²) in [6.07, 6.45) is 0. The van der Waals surface area contributed by atoms with Crippen LogP contribution in [-0.2, 0) is 11.3 Å². The molecule has 0 aromatic heterocycles. The quantitative estimate of drug-likeness (QED) is 0.820. The van der Waals surface area contributed by atoms with E-state index in [1.807, 2.05) is 13.8 Å². The topological polar surface area (TPSA) is 41.6 Å². The molecule has 106 valence electrons. The predicted molar refractivity (Wildman–Crippen MR) is 72.6 cm³/mol. The molecule has 0 radical (unpaired) electrons. The first kappa shape index (κ1) is 15.4. The fourth-order valence-electron chi connectivity index (χ4n) is 1.51. The highest BCUT2D eigenvalue weighted by molar-refractivity contribution is 5.77. The third-order valence-corrected chi connectivity index (χ3v) is 2.84. The van der Waals surface area contributed by atoms with Gasteiger partial charge in [0.15, 0.2) is 6.61 Å². The van der Waals surface area contributed by atoms with Crippen LogP contribution in [0.25, 0.3) is 0 Å². The molecule has 0 unspecified atom stereocenters. The highest BCUT2D eigenvalue weighted by Crippen LogP contribution is 2.19. The lowest BCUT2D eigenvalue weighted by atomic mass is 10.2. The van der Waals surface area contributed by atoms with E-state index in [4.69, 9.17) is 4.74 Å². The van der Waals surface area contributed by atoms with Crippen LogP contribution in [0.1, 0.15) is 19.4 Å². The van der Waals surface area contributed by atoms with Crippen LogP contribution in [0.3, 0.4) is 0 Å². The van der Waals surface area contributed by atoms with E-state index in [1.54, 1.807) is 18.0 Å². The minimum absolute atomic E-state index is 0.0326. The number of rotatable bonds is 7. The molecule has 0 bridgehead atoms. The summed E-state index contributed by atoms with van der Waals surface area (Å²) >= 11 is 0. The average Bonchev–Trinajstić information content (AvgIpc) is 2.42. The van der Waals surface area contributed by atoms with E-state index >= 15 is 0 Å². The van der Waals surface area contributed by atoms with Crippen molar-refractivity contribution in [3.8, 4) is 5.75 Å². The van der Waals surface area contributed by atoms with Crippen LogP contribution in [0.15, 0.2) is 18.2 Å². The molecule has 4 nitrogen and oxygen atoms in total. The Hall–Kier alpha value is -1.62. The van der Waals surface area contributed by atoms with Gasteiger partial charge >= 0.3 is 0 Å². The summed E-state index contributed by atoms with van der Waals surface area (Å²) in [5, 5.41) is 3.11. The van der Waals surface area contributed by atoms with Crippen molar-refractivity contribution in [3.63, 3.8) is 0 Å². The van der Waals surface area contributed by atoms with E-state index < -0.39 is 0 Å². The van der Waals surface area contributed by atoms with Gasteiger partial charge in [0, 0.05) is 25.7 Å². The van der Waals surface area contributed by atoms with Gasteiger partial charge in [-0.3, -0.25) is 4.79 Å². The number of likely N-dealkylation sites (N-methyl/N-ethyl adjacent to an activating group) is 1. The Balaban J connectivity index is 2.68. The molecule has 19 heavy (non-hydrogen) atoms. The van der Waals surface area contributed by atoms with Gasteiger partial charge in [-0.1, -0.05) is 6.92 Å². The molecule has 0 aliphatic heterocycles. The van der Waals surface area contributed by atoms with Crippen molar-refractivity contribution in [2.24, 2.45) is 0 Å². The number of carbonyl (C=O) groups excluding carboxylic acids is 1.